The van der Waals surface area contributed by atoms with Gasteiger partial charge < -0.3 is 24.1 Å². The van der Waals surface area contributed by atoms with Crippen molar-refractivity contribution in [3.8, 4) is 11.5 Å². The minimum absolute atomic E-state index is 0.0338. The predicted octanol–water partition coefficient (Wildman–Crippen LogP) is 2.53. The normalized spacial score (nSPS) is 15.0. The van der Waals surface area contributed by atoms with Crippen LogP contribution >= 0.6 is 11.3 Å². The second-order valence-electron chi connectivity index (χ2n) is 8.45. The molecule has 1 aliphatic heterocycles. The molecule has 204 valence electrons. The van der Waals surface area contributed by atoms with E-state index in [2.05, 4.69) is 4.99 Å². The van der Waals surface area contributed by atoms with Crippen LogP contribution in [-0.4, -0.2) is 55.7 Å². The fraction of sp³-hybridized carbons (Fsp3) is 0.286. The molecule has 0 radical (unpaired) electrons. The molecule has 0 bridgehead atoms. The summed E-state index contributed by atoms with van der Waals surface area (Å²) in [6, 6.07) is 10.6. The minimum atomic E-state index is -1.04. The lowest BCUT2D eigenvalue weighted by Gasteiger charge is -2.27. The summed E-state index contributed by atoms with van der Waals surface area (Å²) in [4.78, 5) is 43.4. The molecule has 1 N–H and O–H groups in total. The van der Waals surface area contributed by atoms with E-state index < -0.39 is 18.0 Å². The number of methoxy groups -OCH3 is 2. The van der Waals surface area contributed by atoms with E-state index in [9.17, 15) is 19.5 Å². The summed E-state index contributed by atoms with van der Waals surface area (Å²) >= 11 is 1.17. The number of aromatic nitrogens is 1. The first-order valence-corrected chi connectivity index (χ1v) is 12.9. The number of hydrogen-bond donors (Lipinski definition) is 1. The van der Waals surface area contributed by atoms with Crippen molar-refractivity contribution in [2.75, 3.05) is 34.0 Å². The van der Waals surface area contributed by atoms with Gasteiger partial charge in [0, 0.05) is 12.7 Å². The third-order valence-corrected chi connectivity index (χ3v) is 7.01. The number of hydrogen-bond acceptors (Lipinski definition) is 9. The maximum atomic E-state index is 13.9. The van der Waals surface area contributed by atoms with Gasteiger partial charge in [0.05, 0.1) is 41.7 Å². The van der Waals surface area contributed by atoms with Crippen LogP contribution in [0.25, 0.3) is 6.08 Å². The summed E-state index contributed by atoms with van der Waals surface area (Å²) in [6.07, 6.45) is 1.66. The zero-order valence-electron chi connectivity index (χ0n) is 21.9. The Balaban J connectivity index is 1.94. The molecule has 0 aliphatic carbocycles. The van der Waals surface area contributed by atoms with E-state index in [0.717, 1.165) is 0 Å². The standard InChI is InChI=1S/C28H28N2O8S/c1-5-37-24-19(7-6-8-20(24)36-4)23-22(27(34)38-14-13-35-3)16(2)29-28-30(23)25(31)21(39-28)15-17-9-11-18(12-10-17)26(32)33/h6-12,15,23H,5,13-14H2,1-4H3,(H,32,33)/b21-15+/t23-/m0/s1. The number of allylic oxidation sites excluding steroid dienone is 1. The number of para-hydroxylation sites is 1. The van der Waals surface area contributed by atoms with Crippen LogP contribution < -0.4 is 24.4 Å². The largest absolute Gasteiger partial charge is 0.493 e. The second-order valence-corrected chi connectivity index (χ2v) is 9.46. The fourth-order valence-electron chi connectivity index (χ4n) is 4.25. The fourth-order valence-corrected chi connectivity index (χ4v) is 5.30. The number of carbonyl (C=O) groups excluding carboxylic acids is 1. The number of aromatic carboxylic acids is 1. The zero-order valence-corrected chi connectivity index (χ0v) is 22.7. The maximum absolute atomic E-state index is 13.9. The highest BCUT2D eigenvalue weighted by molar-refractivity contribution is 7.07. The number of carboxylic acid groups (broad SMARTS) is 1. The third kappa shape index (κ3) is 5.64. The molecule has 10 nitrogen and oxygen atoms in total. The molecule has 2 aromatic carbocycles. The average molecular weight is 553 g/mol. The van der Waals surface area contributed by atoms with Crippen LogP contribution in [0.4, 0.5) is 0 Å². The molecule has 4 rings (SSSR count). The van der Waals surface area contributed by atoms with Crippen molar-refractivity contribution in [2.24, 2.45) is 4.99 Å². The average Bonchev–Trinajstić information content (AvgIpc) is 3.22. The summed E-state index contributed by atoms with van der Waals surface area (Å²) in [7, 11) is 3.02. The van der Waals surface area contributed by atoms with Gasteiger partial charge in [-0.15, -0.1) is 0 Å². The number of nitrogens with zero attached hydrogens (tertiary/aromatic N) is 2. The van der Waals surface area contributed by atoms with Gasteiger partial charge in [-0.1, -0.05) is 35.6 Å². The molecule has 11 heteroatoms. The Labute approximate surface area is 228 Å². The van der Waals surface area contributed by atoms with Gasteiger partial charge in [-0.3, -0.25) is 9.36 Å². The first-order chi connectivity index (χ1) is 18.8. The summed E-state index contributed by atoms with van der Waals surface area (Å²) in [6.45, 7) is 4.11. The highest BCUT2D eigenvalue weighted by Gasteiger charge is 2.36. The van der Waals surface area contributed by atoms with Gasteiger partial charge in [0.25, 0.3) is 5.56 Å². The smallest absolute Gasteiger partial charge is 0.338 e. The number of carbonyl (C=O) groups is 2. The third-order valence-electron chi connectivity index (χ3n) is 6.03. The Morgan fingerprint density at radius 1 is 1.13 bits per heavy atom. The number of carboxylic acids is 1. The molecule has 1 atom stereocenters. The molecule has 0 fully saturated rings. The van der Waals surface area contributed by atoms with Crippen molar-refractivity contribution in [3.05, 3.63) is 90.1 Å². The van der Waals surface area contributed by atoms with Crippen LogP contribution in [0.3, 0.4) is 0 Å². The van der Waals surface area contributed by atoms with Crippen LogP contribution in [0, 0.1) is 0 Å². The number of ether oxygens (including phenoxy) is 4. The number of rotatable bonds is 10. The molecule has 0 unspecified atom stereocenters. The highest BCUT2D eigenvalue weighted by atomic mass is 32.1. The summed E-state index contributed by atoms with van der Waals surface area (Å²) < 4.78 is 23.8. The van der Waals surface area contributed by atoms with E-state index >= 15 is 0 Å². The number of fused-ring (bicyclic) bond motifs is 1. The first kappa shape index (κ1) is 27.8. The van der Waals surface area contributed by atoms with Crippen molar-refractivity contribution in [3.63, 3.8) is 0 Å². The molecule has 3 aromatic rings. The van der Waals surface area contributed by atoms with Crippen molar-refractivity contribution >= 4 is 29.4 Å². The van der Waals surface area contributed by atoms with Gasteiger partial charge >= 0.3 is 11.9 Å². The first-order valence-electron chi connectivity index (χ1n) is 12.1. The van der Waals surface area contributed by atoms with Gasteiger partial charge in [-0.2, -0.15) is 0 Å². The molecule has 0 saturated carbocycles. The SMILES string of the molecule is CCOc1c(OC)cccc1[C@H]1C(C(=O)OCCOC)=C(C)N=c2s/c(=C/c3ccc(C(=O)O)cc3)c(=O)n21. The van der Waals surface area contributed by atoms with Crippen LogP contribution in [0.5, 0.6) is 11.5 Å². The quantitative estimate of drug-likeness (QED) is 0.301. The van der Waals surface area contributed by atoms with E-state index in [1.54, 1.807) is 43.3 Å². The Kier molecular flexibility index (Phi) is 8.62. The van der Waals surface area contributed by atoms with Crippen LogP contribution in [0.1, 0.15) is 41.4 Å². The lowest BCUT2D eigenvalue weighted by Crippen LogP contribution is -2.40. The van der Waals surface area contributed by atoms with Crippen molar-refractivity contribution in [1.29, 1.82) is 0 Å². The van der Waals surface area contributed by atoms with Gasteiger partial charge in [0.1, 0.15) is 12.6 Å². The van der Waals surface area contributed by atoms with Crippen molar-refractivity contribution < 1.29 is 33.6 Å². The van der Waals surface area contributed by atoms with Gasteiger partial charge in [0.2, 0.25) is 0 Å². The molecule has 1 aromatic heterocycles. The molecular formula is C28H28N2O8S. The van der Waals surface area contributed by atoms with Crippen LogP contribution in [-0.2, 0) is 14.3 Å². The molecule has 39 heavy (non-hydrogen) atoms. The Morgan fingerprint density at radius 3 is 2.51 bits per heavy atom. The Morgan fingerprint density at radius 2 is 1.87 bits per heavy atom. The molecule has 0 spiro atoms. The molecule has 1 aliphatic rings. The van der Waals surface area contributed by atoms with E-state index in [0.29, 0.717) is 44.3 Å². The molecular weight excluding hydrogens is 524 g/mol. The maximum Gasteiger partial charge on any atom is 0.338 e. The van der Waals surface area contributed by atoms with Gasteiger partial charge in [-0.25, -0.2) is 14.6 Å². The van der Waals surface area contributed by atoms with Gasteiger partial charge in [0.15, 0.2) is 16.3 Å². The minimum Gasteiger partial charge on any atom is -0.493 e. The Hall–Kier alpha value is -4.22. The number of thiazole rings is 1. The van der Waals surface area contributed by atoms with Crippen LogP contribution in [0.2, 0.25) is 0 Å². The van der Waals surface area contributed by atoms with Crippen molar-refractivity contribution in [1.82, 2.24) is 4.57 Å². The lowest BCUT2D eigenvalue weighted by molar-refractivity contribution is -0.140. The van der Waals surface area contributed by atoms with E-state index in [-0.39, 0.29) is 29.9 Å². The molecule has 0 saturated heterocycles. The summed E-state index contributed by atoms with van der Waals surface area (Å²) in [5.74, 6) is -0.799. The summed E-state index contributed by atoms with van der Waals surface area (Å²) in [5.41, 5.74) is 1.57. The van der Waals surface area contributed by atoms with Gasteiger partial charge in [-0.05, 0) is 43.7 Å². The van der Waals surface area contributed by atoms with Crippen LogP contribution in [0.15, 0.2) is 63.5 Å². The predicted molar refractivity (Wildman–Crippen MR) is 144 cm³/mol. The highest BCUT2D eigenvalue weighted by Crippen LogP contribution is 2.40. The molecule has 2 heterocycles. The zero-order chi connectivity index (χ0) is 28.1. The van der Waals surface area contributed by atoms with E-state index in [4.69, 9.17) is 18.9 Å². The number of benzene rings is 2. The topological polar surface area (TPSA) is 126 Å². The molecule has 0 amide bonds. The van der Waals surface area contributed by atoms with Crippen molar-refractivity contribution in [2.45, 2.75) is 19.9 Å². The van der Waals surface area contributed by atoms with E-state index in [1.165, 1.54) is 42.3 Å². The van der Waals surface area contributed by atoms with E-state index in [1.807, 2.05) is 6.92 Å². The Bertz CT molecular complexity index is 1600. The monoisotopic (exact) mass is 552 g/mol. The number of esters is 1. The summed E-state index contributed by atoms with van der Waals surface area (Å²) in [5, 5.41) is 9.18. The lowest BCUT2D eigenvalue weighted by atomic mass is 9.94. The second kappa shape index (κ2) is 12.1.